The summed E-state index contributed by atoms with van der Waals surface area (Å²) in [4.78, 5) is 10.8. The number of nitro groups is 1. The summed E-state index contributed by atoms with van der Waals surface area (Å²) in [6, 6.07) is 7.83. The second-order valence-corrected chi connectivity index (χ2v) is 6.06. The molecular weight excluding hydrogens is 296 g/mol. The molecule has 0 saturated carbocycles. The Labute approximate surface area is 134 Å². The third kappa shape index (κ3) is 2.68. The Morgan fingerprint density at radius 1 is 1.48 bits per heavy atom. The molecular formula is C16H20N4O3. The van der Waals surface area contributed by atoms with Gasteiger partial charge < -0.3 is 10.4 Å². The third-order valence-electron chi connectivity index (χ3n) is 4.48. The number of aryl methyl sites for hydroxylation is 3. The minimum Gasteiger partial charge on any atom is -0.383 e. The summed E-state index contributed by atoms with van der Waals surface area (Å²) in [5.74, 6) is 0.323. The van der Waals surface area contributed by atoms with Crippen LogP contribution in [0.2, 0.25) is 0 Å². The van der Waals surface area contributed by atoms with Crippen LogP contribution in [0.25, 0.3) is 0 Å². The third-order valence-corrected chi connectivity index (χ3v) is 4.48. The predicted octanol–water partition coefficient (Wildman–Crippen LogP) is 2.27. The fourth-order valence-corrected chi connectivity index (χ4v) is 3.38. The summed E-state index contributed by atoms with van der Waals surface area (Å²) in [5.41, 5.74) is 1.33. The minimum atomic E-state index is -1.03. The molecule has 23 heavy (non-hydrogen) atoms. The van der Waals surface area contributed by atoms with Gasteiger partial charge in [0.15, 0.2) is 0 Å². The van der Waals surface area contributed by atoms with Crippen LogP contribution in [0.15, 0.2) is 24.3 Å². The number of rotatable bonds is 4. The van der Waals surface area contributed by atoms with Crippen molar-refractivity contribution in [3.05, 3.63) is 51.2 Å². The van der Waals surface area contributed by atoms with Crippen LogP contribution in [-0.4, -0.2) is 26.4 Å². The lowest BCUT2D eigenvalue weighted by Crippen LogP contribution is -2.38. The van der Waals surface area contributed by atoms with Crippen molar-refractivity contribution in [2.24, 2.45) is 7.05 Å². The van der Waals surface area contributed by atoms with E-state index in [0.29, 0.717) is 17.9 Å². The van der Waals surface area contributed by atoms with Gasteiger partial charge in [0.1, 0.15) is 11.3 Å². The first-order valence-corrected chi connectivity index (χ1v) is 7.65. The number of nitrogens with zero attached hydrogens (tertiary/aromatic N) is 3. The fourth-order valence-electron chi connectivity index (χ4n) is 3.38. The van der Waals surface area contributed by atoms with Gasteiger partial charge in [0.2, 0.25) is 5.82 Å². The molecule has 0 saturated heterocycles. The first kappa shape index (κ1) is 15.5. The van der Waals surface area contributed by atoms with E-state index in [-0.39, 0.29) is 12.2 Å². The highest BCUT2D eigenvalue weighted by atomic mass is 16.6. The Morgan fingerprint density at radius 3 is 2.96 bits per heavy atom. The Balaban J connectivity index is 1.89. The number of hydrogen-bond acceptors (Lipinski definition) is 5. The molecule has 2 aromatic rings. The normalized spacial score (nSPS) is 20.1. The van der Waals surface area contributed by atoms with Crippen LogP contribution in [0.5, 0.6) is 0 Å². The van der Waals surface area contributed by atoms with Gasteiger partial charge in [0.25, 0.3) is 0 Å². The molecule has 1 aromatic heterocycles. The number of fused-ring (bicyclic) bond motifs is 1. The summed E-state index contributed by atoms with van der Waals surface area (Å²) < 4.78 is 1.45. The molecule has 0 fully saturated rings. The van der Waals surface area contributed by atoms with E-state index in [9.17, 15) is 15.2 Å². The Morgan fingerprint density at radius 2 is 2.22 bits per heavy atom. The van der Waals surface area contributed by atoms with E-state index in [2.05, 4.69) is 10.4 Å². The van der Waals surface area contributed by atoms with E-state index in [4.69, 9.17) is 0 Å². The van der Waals surface area contributed by atoms with Crippen LogP contribution in [-0.2, 0) is 19.1 Å². The lowest BCUT2D eigenvalue weighted by molar-refractivity contribution is -0.384. The molecule has 0 aliphatic heterocycles. The van der Waals surface area contributed by atoms with Gasteiger partial charge in [0.05, 0.1) is 4.92 Å². The van der Waals surface area contributed by atoms with Crippen molar-refractivity contribution >= 4 is 11.5 Å². The molecule has 0 spiro atoms. The maximum atomic E-state index is 11.2. The molecule has 1 aliphatic carbocycles. The smallest absolute Gasteiger partial charge is 0.333 e. The second-order valence-electron chi connectivity index (χ2n) is 6.06. The maximum absolute atomic E-state index is 11.2. The molecule has 0 radical (unpaired) electrons. The Hall–Kier alpha value is -2.41. The summed E-state index contributed by atoms with van der Waals surface area (Å²) in [5, 5.41) is 29.4. The fraction of sp³-hybridized carbons (Fsp3) is 0.438. The van der Waals surface area contributed by atoms with Crippen LogP contribution in [0.3, 0.4) is 0 Å². The molecule has 2 N–H and O–H groups in total. The lowest BCUT2D eigenvalue weighted by atomic mass is 9.79. The summed E-state index contributed by atoms with van der Waals surface area (Å²) in [6.07, 6.45) is 2.47. The van der Waals surface area contributed by atoms with Crippen molar-refractivity contribution < 1.29 is 10.0 Å². The zero-order valence-electron chi connectivity index (χ0n) is 13.2. The number of benzene rings is 1. The molecule has 122 valence electrons. The molecule has 0 amide bonds. The van der Waals surface area contributed by atoms with Crippen molar-refractivity contribution in [3.63, 3.8) is 0 Å². The number of aliphatic hydroxyl groups is 1. The average Bonchev–Trinajstić information content (AvgIpc) is 2.80. The van der Waals surface area contributed by atoms with Gasteiger partial charge in [-0.2, -0.15) is 5.10 Å². The van der Waals surface area contributed by atoms with Crippen molar-refractivity contribution in [1.82, 2.24) is 9.78 Å². The summed E-state index contributed by atoms with van der Waals surface area (Å²) in [7, 11) is 1.65. The van der Waals surface area contributed by atoms with E-state index in [1.807, 2.05) is 24.3 Å². The number of nitrogens with one attached hydrogen (secondary N) is 1. The van der Waals surface area contributed by atoms with E-state index in [1.165, 1.54) is 4.68 Å². The quantitative estimate of drug-likeness (QED) is 0.666. The predicted molar refractivity (Wildman–Crippen MR) is 86.4 cm³/mol. The molecule has 7 nitrogen and oxygen atoms in total. The lowest BCUT2D eigenvalue weighted by Gasteiger charge is -2.34. The monoisotopic (exact) mass is 316 g/mol. The molecule has 7 heteroatoms. The van der Waals surface area contributed by atoms with Gasteiger partial charge in [0, 0.05) is 13.6 Å². The minimum absolute atomic E-state index is 0.0415. The standard InChI is InChI=1S/C16H20N4O3/c1-11-14(20(22)23)15(19(2)18-11)17-10-16(21)9-5-7-12-6-3-4-8-13(12)16/h3-4,6,8,17,21H,5,7,9-10H2,1-2H3. The van der Waals surface area contributed by atoms with Crippen molar-refractivity contribution in [3.8, 4) is 0 Å². The molecule has 1 heterocycles. The maximum Gasteiger partial charge on any atom is 0.333 e. The van der Waals surface area contributed by atoms with E-state index >= 15 is 0 Å². The molecule has 1 atom stereocenters. The zero-order chi connectivity index (χ0) is 16.6. The van der Waals surface area contributed by atoms with E-state index in [1.54, 1.807) is 14.0 Å². The number of hydrogen-bond donors (Lipinski definition) is 2. The van der Waals surface area contributed by atoms with Crippen molar-refractivity contribution in [2.75, 3.05) is 11.9 Å². The highest BCUT2D eigenvalue weighted by molar-refractivity contribution is 5.59. The number of aromatic nitrogens is 2. The topological polar surface area (TPSA) is 93.2 Å². The highest BCUT2D eigenvalue weighted by Gasteiger charge is 2.35. The van der Waals surface area contributed by atoms with Crippen molar-refractivity contribution in [1.29, 1.82) is 0 Å². The molecule has 1 aliphatic rings. The first-order valence-electron chi connectivity index (χ1n) is 7.65. The van der Waals surface area contributed by atoms with Crippen LogP contribution in [0.4, 0.5) is 11.5 Å². The average molecular weight is 316 g/mol. The Kier molecular flexibility index (Phi) is 3.81. The van der Waals surface area contributed by atoms with Gasteiger partial charge in [-0.1, -0.05) is 24.3 Å². The van der Waals surface area contributed by atoms with Gasteiger partial charge in [-0.05, 0) is 37.3 Å². The summed E-state index contributed by atoms with van der Waals surface area (Å²) in [6.45, 7) is 1.82. The first-order chi connectivity index (χ1) is 10.9. The van der Waals surface area contributed by atoms with Gasteiger partial charge in [-0.25, -0.2) is 4.68 Å². The van der Waals surface area contributed by atoms with Crippen LogP contribution in [0.1, 0.15) is 29.7 Å². The number of anilines is 1. The highest BCUT2D eigenvalue weighted by Crippen LogP contribution is 2.36. The summed E-state index contributed by atoms with van der Waals surface area (Å²) >= 11 is 0. The zero-order valence-corrected chi connectivity index (χ0v) is 13.2. The SMILES string of the molecule is Cc1nn(C)c(NCC2(O)CCCc3ccccc32)c1[N+](=O)[O-]. The second kappa shape index (κ2) is 5.66. The molecule has 3 rings (SSSR count). The van der Waals surface area contributed by atoms with E-state index < -0.39 is 10.5 Å². The van der Waals surface area contributed by atoms with Crippen LogP contribution in [0, 0.1) is 17.0 Å². The van der Waals surface area contributed by atoms with Crippen molar-refractivity contribution in [2.45, 2.75) is 31.8 Å². The van der Waals surface area contributed by atoms with Crippen LogP contribution >= 0.6 is 0 Å². The molecule has 0 bridgehead atoms. The largest absolute Gasteiger partial charge is 0.383 e. The van der Waals surface area contributed by atoms with E-state index in [0.717, 1.165) is 24.0 Å². The molecule has 1 aromatic carbocycles. The van der Waals surface area contributed by atoms with Gasteiger partial charge in [-0.15, -0.1) is 0 Å². The van der Waals surface area contributed by atoms with Crippen LogP contribution < -0.4 is 5.32 Å². The van der Waals surface area contributed by atoms with Gasteiger partial charge in [-0.3, -0.25) is 10.1 Å². The molecule has 1 unspecified atom stereocenters. The van der Waals surface area contributed by atoms with Gasteiger partial charge >= 0.3 is 5.69 Å². The Bertz CT molecular complexity index is 756.